The summed E-state index contributed by atoms with van der Waals surface area (Å²) in [5, 5.41) is 8.73. The zero-order valence-electron chi connectivity index (χ0n) is 10.7. The van der Waals surface area contributed by atoms with Gasteiger partial charge in [0, 0.05) is 5.56 Å². The Bertz CT molecular complexity index is 750. The Kier molecular flexibility index (Phi) is 3.18. The topological polar surface area (TPSA) is 67.2 Å². The quantitative estimate of drug-likeness (QED) is 0.564. The van der Waals surface area contributed by atoms with Crippen molar-refractivity contribution in [2.24, 2.45) is 0 Å². The van der Waals surface area contributed by atoms with Gasteiger partial charge in [-0.25, -0.2) is 10.5 Å². The molecule has 100 valence electrons. The average Bonchev–Trinajstić information content (AvgIpc) is 2.87. The van der Waals surface area contributed by atoms with Gasteiger partial charge in [0.2, 0.25) is 0 Å². The SMILES string of the molecule is O=C(Cn1c(-c2ccccc2)nc2ccccc21)NO. The van der Waals surface area contributed by atoms with Crippen molar-refractivity contribution in [3.05, 3.63) is 54.6 Å². The molecule has 20 heavy (non-hydrogen) atoms. The molecule has 2 aromatic carbocycles. The van der Waals surface area contributed by atoms with Crippen LogP contribution in [0.3, 0.4) is 0 Å². The maximum absolute atomic E-state index is 11.5. The van der Waals surface area contributed by atoms with Crippen LogP contribution in [-0.4, -0.2) is 20.7 Å². The highest BCUT2D eigenvalue weighted by molar-refractivity contribution is 5.84. The highest BCUT2D eigenvalue weighted by Crippen LogP contribution is 2.24. The molecular weight excluding hydrogens is 254 g/mol. The first-order valence-electron chi connectivity index (χ1n) is 6.23. The van der Waals surface area contributed by atoms with Crippen LogP contribution < -0.4 is 5.48 Å². The van der Waals surface area contributed by atoms with Gasteiger partial charge in [-0.2, -0.15) is 0 Å². The summed E-state index contributed by atoms with van der Waals surface area (Å²) in [6, 6.07) is 17.2. The third-order valence-corrected chi connectivity index (χ3v) is 3.11. The number of amides is 1. The molecule has 3 aromatic rings. The third-order valence-electron chi connectivity index (χ3n) is 3.11. The second kappa shape index (κ2) is 5.14. The fourth-order valence-electron chi connectivity index (χ4n) is 2.22. The number of hydroxylamine groups is 1. The van der Waals surface area contributed by atoms with Gasteiger partial charge in [0.15, 0.2) is 0 Å². The molecule has 0 aliphatic rings. The molecule has 3 rings (SSSR count). The zero-order valence-corrected chi connectivity index (χ0v) is 10.7. The van der Waals surface area contributed by atoms with E-state index in [1.807, 2.05) is 54.6 Å². The number of carbonyl (C=O) groups excluding carboxylic acids is 1. The highest BCUT2D eigenvalue weighted by atomic mass is 16.5. The summed E-state index contributed by atoms with van der Waals surface area (Å²) in [5.41, 5.74) is 4.26. The van der Waals surface area contributed by atoms with Gasteiger partial charge in [-0.3, -0.25) is 10.0 Å². The van der Waals surface area contributed by atoms with Gasteiger partial charge in [-0.15, -0.1) is 0 Å². The third kappa shape index (κ3) is 2.15. The first-order chi connectivity index (χ1) is 9.79. The predicted octanol–water partition coefficient (Wildman–Crippen LogP) is 2.21. The summed E-state index contributed by atoms with van der Waals surface area (Å²) < 4.78 is 1.79. The average molecular weight is 267 g/mol. The van der Waals surface area contributed by atoms with E-state index in [-0.39, 0.29) is 6.54 Å². The molecule has 0 fully saturated rings. The minimum Gasteiger partial charge on any atom is -0.314 e. The molecule has 1 amide bonds. The van der Waals surface area contributed by atoms with Crippen molar-refractivity contribution in [2.75, 3.05) is 0 Å². The van der Waals surface area contributed by atoms with E-state index in [4.69, 9.17) is 5.21 Å². The second-order valence-corrected chi connectivity index (χ2v) is 4.41. The van der Waals surface area contributed by atoms with Crippen LogP contribution in [0.1, 0.15) is 0 Å². The van der Waals surface area contributed by atoms with Gasteiger partial charge < -0.3 is 4.57 Å². The van der Waals surface area contributed by atoms with Crippen LogP contribution in [0.15, 0.2) is 54.6 Å². The first-order valence-corrected chi connectivity index (χ1v) is 6.23. The summed E-state index contributed by atoms with van der Waals surface area (Å²) in [4.78, 5) is 16.1. The normalized spacial score (nSPS) is 10.7. The fourth-order valence-corrected chi connectivity index (χ4v) is 2.22. The lowest BCUT2D eigenvalue weighted by Gasteiger charge is -2.07. The second-order valence-electron chi connectivity index (χ2n) is 4.41. The molecule has 0 saturated heterocycles. The number of nitrogens with zero attached hydrogens (tertiary/aromatic N) is 2. The van der Waals surface area contributed by atoms with E-state index in [9.17, 15) is 4.79 Å². The lowest BCUT2D eigenvalue weighted by Crippen LogP contribution is -2.24. The number of para-hydroxylation sites is 2. The Morgan fingerprint density at radius 3 is 2.55 bits per heavy atom. The number of fused-ring (bicyclic) bond motifs is 1. The van der Waals surface area contributed by atoms with Crippen molar-refractivity contribution >= 4 is 16.9 Å². The largest absolute Gasteiger partial charge is 0.314 e. The van der Waals surface area contributed by atoms with Gasteiger partial charge in [-0.05, 0) is 12.1 Å². The Labute approximate surface area is 115 Å². The molecule has 0 spiro atoms. The van der Waals surface area contributed by atoms with E-state index >= 15 is 0 Å². The first kappa shape index (κ1) is 12.4. The van der Waals surface area contributed by atoms with Crippen LogP contribution in [0, 0.1) is 0 Å². The number of nitrogens with one attached hydrogen (secondary N) is 1. The van der Waals surface area contributed by atoms with Gasteiger partial charge in [0.05, 0.1) is 11.0 Å². The van der Waals surface area contributed by atoms with Gasteiger partial charge >= 0.3 is 0 Å². The van der Waals surface area contributed by atoms with Crippen LogP contribution >= 0.6 is 0 Å². The number of imidazole rings is 1. The van der Waals surface area contributed by atoms with Crippen molar-refractivity contribution in [1.29, 1.82) is 0 Å². The lowest BCUT2D eigenvalue weighted by molar-refractivity contribution is -0.129. The summed E-state index contributed by atoms with van der Waals surface area (Å²) in [7, 11) is 0. The lowest BCUT2D eigenvalue weighted by atomic mass is 10.2. The zero-order chi connectivity index (χ0) is 13.9. The van der Waals surface area contributed by atoms with Crippen LogP contribution in [0.25, 0.3) is 22.4 Å². The van der Waals surface area contributed by atoms with Crippen LogP contribution in [0.2, 0.25) is 0 Å². The molecule has 0 saturated carbocycles. The number of rotatable bonds is 3. The molecule has 0 radical (unpaired) electrons. The Morgan fingerprint density at radius 2 is 1.80 bits per heavy atom. The molecule has 2 N–H and O–H groups in total. The van der Waals surface area contributed by atoms with E-state index in [1.54, 1.807) is 10.0 Å². The minimum absolute atomic E-state index is 0.0151. The predicted molar refractivity (Wildman–Crippen MR) is 75.1 cm³/mol. The molecule has 5 nitrogen and oxygen atoms in total. The molecule has 1 aromatic heterocycles. The minimum atomic E-state index is -0.481. The Morgan fingerprint density at radius 1 is 1.10 bits per heavy atom. The molecular formula is C15H13N3O2. The molecule has 1 heterocycles. The van der Waals surface area contributed by atoms with E-state index in [0.717, 1.165) is 16.6 Å². The number of hydrogen-bond donors (Lipinski definition) is 2. The van der Waals surface area contributed by atoms with E-state index in [0.29, 0.717) is 5.82 Å². The van der Waals surface area contributed by atoms with Gasteiger partial charge in [0.1, 0.15) is 12.4 Å². The summed E-state index contributed by atoms with van der Waals surface area (Å²) >= 11 is 0. The Hall–Kier alpha value is -2.66. The van der Waals surface area contributed by atoms with Crippen molar-refractivity contribution in [3.63, 3.8) is 0 Å². The number of carbonyl (C=O) groups is 1. The van der Waals surface area contributed by atoms with Crippen molar-refractivity contribution < 1.29 is 10.0 Å². The Balaban J connectivity index is 2.20. The molecule has 0 unspecified atom stereocenters. The van der Waals surface area contributed by atoms with Crippen molar-refractivity contribution in [1.82, 2.24) is 15.0 Å². The van der Waals surface area contributed by atoms with Crippen molar-refractivity contribution in [2.45, 2.75) is 6.54 Å². The van der Waals surface area contributed by atoms with Crippen LogP contribution in [0.4, 0.5) is 0 Å². The van der Waals surface area contributed by atoms with E-state index in [2.05, 4.69) is 4.98 Å². The maximum Gasteiger partial charge on any atom is 0.263 e. The van der Waals surface area contributed by atoms with Gasteiger partial charge in [0.25, 0.3) is 5.91 Å². The van der Waals surface area contributed by atoms with Gasteiger partial charge in [-0.1, -0.05) is 42.5 Å². The maximum atomic E-state index is 11.5. The van der Waals surface area contributed by atoms with E-state index < -0.39 is 5.91 Å². The van der Waals surface area contributed by atoms with Crippen molar-refractivity contribution in [3.8, 4) is 11.4 Å². The number of aromatic nitrogens is 2. The summed E-state index contributed by atoms with van der Waals surface area (Å²) in [6.45, 7) is 0.0151. The monoisotopic (exact) mass is 267 g/mol. The van der Waals surface area contributed by atoms with E-state index in [1.165, 1.54) is 0 Å². The molecule has 0 aliphatic heterocycles. The highest BCUT2D eigenvalue weighted by Gasteiger charge is 2.14. The summed E-state index contributed by atoms with van der Waals surface area (Å²) in [6.07, 6.45) is 0. The molecule has 0 bridgehead atoms. The standard InChI is InChI=1S/C15H13N3O2/c19-14(17-20)10-18-13-9-5-4-8-12(13)16-15(18)11-6-2-1-3-7-11/h1-9,20H,10H2,(H,17,19). The molecule has 0 aliphatic carbocycles. The van der Waals surface area contributed by atoms with Crippen LogP contribution in [0.5, 0.6) is 0 Å². The number of benzene rings is 2. The fraction of sp³-hybridized carbons (Fsp3) is 0.0667. The number of hydrogen-bond acceptors (Lipinski definition) is 3. The molecule has 0 atom stereocenters. The molecule has 5 heteroatoms. The smallest absolute Gasteiger partial charge is 0.263 e. The van der Waals surface area contributed by atoms with Crippen LogP contribution in [-0.2, 0) is 11.3 Å². The summed E-state index contributed by atoms with van der Waals surface area (Å²) in [5.74, 6) is 0.223.